The molecule has 4 atom stereocenters. The lowest BCUT2D eigenvalue weighted by Crippen LogP contribution is -2.44. The van der Waals surface area contributed by atoms with Gasteiger partial charge >= 0.3 is 6.09 Å². The van der Waals surface area contributed by atoms with E-state index in [4.69, 9.17) is 9.47 Å². The molecule has 0 bridgehead atoms. The SMILES string of the molecule is CCC1CN(Cc2cc([C@@H](c3ccc4c(nnn4CC)c3C)[C@@H](C)C(=O)N3C(=O)OCC3Cc3ccccc3)ccc2C)S(O)(O)c2cccnc2O1. The largest absolute Gasteiger partial charge is 0.472 e. The smallest absolute Gasteiger partial charge is 0.416 e. The zero-order valence-electron chi connectivity index (χ0n) is 30.7. The van der Waals surface area contributed by atoms with Gasteiger partial charge in [-0.15, -0.1) is 15.9 Å². The molecule has 4 heterocycles. The van der Waals surface area contributed by atoms with Crippen LogP contribution in [0.2, 0.25) is 0 Å². The van der Waals surface area contributed by atoms with E-state index in [0.29, 0.717) is 19.4 Å². The molecule has 53 heavy (non-hydrogen) atoms. The summed E-state index contributed by atoms with van der Waals surface area (Å²) in [4.78, 5) is 33.8. The first-order valence-corrected chi connectivity index (χ1v) is 19.6. The van der Waals surface area contributed by atoms with Crippen molar-refractivity contribution >= 4 is 33.8 Å². The van der Waals surface area contributed by atoms with Crippen LogP contribution in [0.15, 0.2) is 83.9 Å². The maximum atomic E-state index is 14.7. The van der Waals surface area contributed by atoms with Crippen LogP contribution in [0.3, 0.4) is 0 Å². The van der Waals surface area contributed by atoms with Gasteiger partial charge in [-0.3, -0.25) is 13.9 Å². The van der Waals surface area contributed by atoms with Crippen LogP contribution in [0.25, 0.3) is 11.0 Å². The number of ether oxygens (including phenoxy) is 2. The van der Waals surface area contributed by atoms with Crippen LogP contribution in [-0.4, -0.2) is 75.6 Å². The van der Waals surface area contributed by atoms with E-state index >= 15 is 0 Å². The molecule has 2 aliphatic heterocycles. The summed E-state index contributed by atoms with van der Waals surface area (Å²) in [6, 6.07) is 22.8. The maximum absolute atomic E-state index is 14.7. The van der Waals surface area contributed by atoms with Gasteiger partial charge in [0.25, 0.3) is 0 Å². The Bertz CT molecular complexity index is 2140. The van der Waals surface area contributed by atoms with Crippen molar-refractivity contribution in [1.82, 2.24) is 29.2 Å². The van der Waals surface area contributed by atoms with E-state index in [0.717, 1.165) is 44.4 Å². The number of nitrogens with zero attached hydrogens (tertiary/aromatic N) is 6. The number of hydrogen-bond donors (Lipinski definition) is 2. The van der Waals surface area contributed by atoms with Gasteiger partial charge in [0.05, 0.1) is 18.1 Å². The molecule has 2 unspecified atom stereocenters. The normalized spacial score (nSPS) is 20.3. The van der Waals surface area contributed by atoms with Gasteiger partial charge in [0.2, 0.25) is 11.8 Å². The summed E-state index contributed by atoms with van der Waals surface area (Å²) in [6.07, 6.45) is 1.77. The number of fused-ring (bicyclic) bond motifs is 2. The Kier molecular flexibility index (Phi) is 10.3. The topological polar surface area (TPSA) is 143 Å². The molecule has 0 aliphatic carbocycles. The minimum Gasteiger partial charge on any atom is -0.472 e. The van der Waals surface area contributed by atoms with Gasteiger partial charge in [0.15, 0.2) is 0 Å². The highest BCUT2D eigenvalue weighted by atomic mass is 32.3. The predicted molar refractivity (Wildman–Crippen MR) is 203 cm³/mol. The van der Waals surface area contributed by atoms with Crippen LogP contribution in [-0.2, 0) is 29.0 Å². The Morgan fingerprint density at radius 2 is 1.83 bits per heavy atom. The molecule has 2 N–H and O–H groups in total. The molecule has 278 valence electrons. The van der Waals surface area contributed by atoms with Crippen LogP contribution in [0.4, 0.5) is 4.79 Å². The number of hydrogen-bond acceptors (Lipinski definition) is 10. The monoisotopic (exact) mass is 738 g/mol. The average Bonchev–Trinajstić information content (AvgIpc) is 3.73. The summed E-state index contributed by atoms with van der Waals surface area (Å²) in [7, 11) is -3.46. The highest BCUT2D eigenvalue weighted by molar-refractivity contribution is 8.22. The van der Waals surface area contributed by atoms with Crippen molar-refractivity contribution in [1.29, 1.82) is 0 Å². The highest BCUT2D eigenvalue weighted by Crippen LogP contribution is 2.57. The zero-order chi connectivity index (χ0) is 37.4. The molecule has 1 fully saturated rings. The van der Waals surface area contributed by atoms with Crippen LogP contribution in [0.5, 0.6) is 5.88 Å². The van der Waals surface area contributed by atoms with Crippen molar-refractivity contribution in [2.45, 2.75) is 83.5 Å². The molecule has 3 aromatic carbocycles. The third kappa shape index (κ3) is 6.90. The lowest BCUT2D eigenvalue weighted by molar-refractivity contribution is -0.133. The molecule has 12 nitrogen and oxygen atoms in total. The molecule has 0 saturated carbocycles. The highest BCUT2D eigenvalue weighted by Gasteiger charge is 2.43. The first kappa shape index (κ1) is 36.5. The number of imide groups is 1. The van der Waals surface area contributed by atoms with E-state index in [1.807, 2.05) is 100.0 Å². The number of amides is 2. The first-order chi connectivity index (χ1) is 25.5. The molecule has 0 radical (unpaired) electrons. The summed E-state index contributed by atoms with van der Waals surface area (Å²) >= 11 is 0. The maximum Gasteiger partial charge on any atom is 0.416 e. The van der Waals surface area contributed by atoms with E-state index in [1.165, 1.54) is 4.90 Å². The number of pyridine rings is 1. The van der Waals surface area contributed by atoms with Crippen LogP contribution >= 0.6 is 10.8 Å². The Balaban J connectivity index is 1.29. The molecule has 1 saturated heterocycles. The van der Waals surface area contributed by atoms with Gasteiger partial charge in [-0.05, 0) is 85.2 Å². The van der Waals surface area contributed by atoms with E-state index in [9.17, 15) is 18.7 Å². The van der Waals surface area contributed by atoms with Crippen molar-refractivity contribution in [3.63, 3.8) is 0 Å². The van der Waals surface area contributed by atoms with Gasteiger partial charge in [-0.25, -0.2) is 19.4 Å². The number of cyclic esters (lactones) is 1. The van der Waals surface area contributed by atoms with E-state index in [-0.39, 0.29) is 42.5 Å². The minimum absolute atomic E-state index is 0.125. The summed E-state index contributed by atoms with van der Waals surface area (Å²) in [5, 5.41) is 8.87. The third-order valence-corrected chi connectivity index (χ3v) is 12.5. The fourth-order valence-electron chi connectivity index (χ4n) is 7.57. The van der Waals surface area contributed by atoms with Crippen molar-refractivity contribution in [2.24, 2.45) is 5.92 Å². The van der Waals surface area contributed by atoms with Gasteiger partial charge in [0, 0.05) is 31.1 Å². The molecule has 0 spiro atoms. The van der Waals surface area contributed by atoms with Crippen LogP contribution in [0, 0.1) is 19.8 Å². The second kappa shape index (κ2) is 14.9. The summed E-state index contributed by atoms with van der Waals surface area (Å²) in [5.74, 6) is -1.28. The Morgan fingerprint density at radius 1 is 1.04 bits per heavy atom. The lowest BCUT2D eigenvalue weighted by atomic mass is 9.78. The van der Waals surface area contributed by atoms with Crippen molar-refractivity contribution < 1.29 is 28.2 Å². The number of aryl methyl sites for hydroxylation is 3. The quantitative estimate of drug-likeness (QED) is 0.148. The molecule has 13 heteroatoms. The summed E-state index contributed by atoms with van der Waals surface area (Å²) in [5.41, 5.74) is 7.11. The van der Waals surface area contributed by atoms with Gasteiger partial charge in [-0.1, -0.05) is 73.7 Å². The fourth-order valence-corrected chi connectivity index (χ4v) is 9.14. The van der Waals surface area contributed by atoms with Gasteiger partial charge < -0.3 is 9.47 Å². The lowest BCUT2D eigenvalue weighted by Gasteiger charge is -2.41. The molecular formula is C40H46N6O6S. The van der Waals surface area contributed by atoms with Crippen LogP contribution in [0.1, 0.15) is 66.5 Å². The Labute approximate surface area is 311 Å². The fraction of sp³-hybridized carbons (Fsp3) is 0.375. The third-order valence-electron chi connectivity index (χ3n) is 10.6. The molecule has 2 aromatic heterocycles. The molecule has 2 amide bonds. The van der Waals surface area contributed by atoms with E-state index in [2.05, 4.69) is 15.3 Å². The molecule has 5 aromatic rings. The van der Waals surface area contributed by atoms with E-state index in [1.54, 1.807) is 22.6 Å². The molecule has 7 rings (SSSR count). The summed E-state index contributed by atoms with van der Waals surface area (Å²) < 4.78 is 38.6. The minimum atomic E-state index is -3.46. The number of carbonyl (C=O) groups excluding carboxylic acids is 2. The van der Waals surface area contributed by atoms with E-state index < -0.39 is 34.7 Å². The number of carbonyl (C=O) groups is 2. The van der Waals surface area contributed by atoms with Crippen molar-refractivity contribution in [3.8, 4) is 5.88 Å². The Hall–Kier alpha value is -4.82. The van der Waals surface area contributed by atoms with Gasteiger partial charge in [-0.2, -0.15) is 4.31 Å². The second-order valence-corrected chi connectivity index (χ2v) is 15.9. The zero-order valence-corrected chi connectivity index (χ0v) is 31.5. The molecular weight excluding hydrogens is 693 g/mol. The molecule has 2 aliphatic rings. The number of rotatable bonds is 10. The summed E-state index contributed by atoms with van der Waals surface area (Å²) in [6.45, 7) is 11.1. The number of benzene rings is 3. The van der Waals surface area contributed by atoms with Crippen molar-refractivity contribution in [3.05, 3.63) is 112 Å². The van der Waals surface area contributed by atoms with Crippen molar-refractivity contribution in [2.75, 3.05) is 13.2 Å². The van der Waals surface area contributed by atoms with Gasteiger partial charge in [0.1, 0.15) is 23.1 Å². The Morgan fingerprint density at radius 3 is 2.58 bits per heavy atom. The standard InChI is InChI=1S/C40H46N6O6S/c1-6-32-23-44(53(49,50)35-14-11-19-41-38(35)52-32)22-30-21-29(16-15-25(30)3)36(33-17-18-34-37(26(33)4)42-43-45(34)7-2)27(5)39(47)46-31(24-51-40(46)48)20-28-12-9-8-10-13-28/h8-19,21,27,31-32,36,49-50H,6-7,20,22-24H2,1-5H3/t27-,31?,32?,36+/m1/s1. The first-order valence-electron chi connectivity index (χ1n) is 18.1. The number of aromatic nitrogens is 4. The predicted octanol–water partition coefficient (Wildman–Crippen LogP) is 7.52. The van der Waals surface area contributed by atoms with Crippen LogP contribution < -0.4 is 4.74 Å². The average molecular weight is 739 g/mol. The second-order valence-electron chi connectivity index (χ2n) is 13.9.